The molecule has 21 heavy (non-hydrogen) atoms. The third-order valence-electron chi connectivity index (χ3n) is 4.41. The van der Waals surface area contributed by atoms with Crippen molar-refractivity contribution in [2.45, 2.75) is 31.8 Å². The van der Waals surface area contributed by atoms with Gasteiger partial charge in [-0.05, 0) is 24.3 Å². The molecule has 2 aliphatic heterocycles. The molecule has 2 fully saturated rings. The highest BCUT2D eigenvalue weighted by Crippen LogP contribution is 2.25. The van der Waals surface area contributed by atoms with E-state index in [1.807, 2.05) is 18.2 Å². The molecular formula is C16H22N4O. The number of amides is 1. The van der Waals surface area contributed by atoms with Gasteiger partial charge in [0.15, 0.2) is 5.96 Å². The first-order chi connectivity index (χ1) is 10.2. The molecule has 2 saturated heterocycles. The molecule has 0 radical (unpaired) electrons. The first-order valence-corrected chi connectivity index (χ1v) is 7.60. The van der Waals surface area contributed by atoms with E-state index in [1.54, 1.807) is 0 Å². The van der Waals surface area contributed by atoms with Crippen molar-refractivity contribution in [3.05, 3.63) is 35.9 Å². The van der Waals surface area contributed by atoms with Crippen LogP contribution in [0.2, 0.25) is 0 Å². The van der Waals surface area contributed by atoms with E-state index in [2.05, 4.69) is 27.3 Å². The minimum Gasteiger partial charge on any atom is -0.370 e. The van der Waals surface area contributed by atoms with Crippen molar-refractivity contribution in [1.29, 1.82) is 0 Å². The van der Waals surface area contributed by atoms with E-state index in [4.69, 9.17) is 5.73 Å². The Morgan fingerprint density at radius 1 is 1.33 bits per heavy atom. The lowest BCUT2D eigenvalue weighted by Crippen LogP contribution is -2.56. The van der Waals surface area contributed by atoms with Crippen molar-refractivity contribution in [2.75, 3.05) is 13.1 Å². The lowest BCUT2D eigenvalue weighted by Gasteiger charge is -2.41. The maximum absolute atomic E-state index is 11.4. The van der Waals surface area contributed by atoms with Crippen LogP contribution in [0.25, 0.3) is 0 Å². The molecule has 0 spiro atoms. The van der Waals surface area contributed by atoms with E-state index >= 15 is 0 Å². The first kappa shape index (κ1) is 13.9. The highest BCUT2D eigenvalue weighted by Gasteiger charge is 2.34. The summed E-state index contributed by atoms with van der Waals surface area (Å²) in [6.07, 6.45) is 2.55. The minimum atomic E-state index is 0.190. The van der Waals surface area contributed by atoms with Crippen LogP contribution < -0.4 is 11.1 Å². The fourth-order valence-electron chi connectivity index (χ4n) is 3.17. The SMILES string of the molecule is NC(=NCc1ccccc1)N1CCC2NC(=O)CCC2C1. The van der Waals surface area contributed by atoms with Crippen LogP contribution >= 0.6 is 0 Å². The number of aliphatic imine (C=N–C) groups is 1. The molecule has 2 unspecified atom stereocenters. The number of hydrogen-bond acceptors (Lipinski definition) is 2. The molecule has 1 amide bonds. The number of likely N-dealkylation sites (tertiary alicyclic amines) is 1. The Bertz CT molecular complexity index is 528. The normalized spacial score (nSPS) is 26.2. The van der Waals surface area contributed by atoms with Crippen molar-refractivity contribution in [3.63, 3.8) is 0 Å². The zero-order valence-corrected chi connectivity index (χ0v) is 12.2. The Kier molecular flexibility index (Phi) is 4.08. The van der Waals surface area contributed by atoms with Gasteiger partial charge in [-0.25, -0.2) is 4.99 Å². The van der Waals surface area contributed by atoms with Crippen LogP contribution in [0.4, 0.5) is 0 Å². The summed E-state index contributed by atoms with van der Waals surface area (Å²) in [6.45, 7) is 2.38. The summed E-state index contributed by atoms with van der Waals surface area (Å²) >= 11 is 0. The summed E-state index contributed by atoms with van der Waals surface area (Å²) in [5.41, 5.74) is 7.30. The van der Waals surface area contributed by atoms with Gasteiger partial charge in [0.05, 0.1) is 6.54 Å². The number of rotatable bonds is 2. The summed E-state index contributed by atoms with van der Waals surface area (Å²) in [5.74, 6) is 1.31. The topological polar surface area (TPSA) is 70.7 Å². The lowest BCUT2D eigenvalue weighted by atomic mass is 9.85. The number of benzene rings is 1. The van der Waals surface area contributed by atoms with Crippen LogP contribution in [0.3, 0.4) is 0 Å². The van der Waals surface area contributed by atoms with Gasteiger partial charge in [-0.15, -0.1) is 0 Å². The van der Waals surface area contributed by atoms with Crippen LogP contribution in [0, 0.1) is 5.92 Å². The Labute approximate surface area is 125 Å². The maximum atomic E-state index is 11.4. The predicted octanol–water partition coefficient (Wildman–Crippen LogP) is 1.10. The number of nitrogens with two attached hydrogens (primary N) is 1. The number of nitrogens with zero attached hydrogens (tertiary/aromatic N) is 2. The van der Waals surface area contributed by atoms with Crippen LogP contribution in [0.1, 0.15) is 24.8 Å². The Balaban J connectivity index is 1.58. The molecule has 2 heterocycles. The van der Waals surface area contributed by atoms with Crippen molar-refractivity contribution in [1.82, 2.24) is 10.2 Å². The number of piperidine rings is 2. The first-order valence-electron chi connectivity index (χ1n) is 7.60. The van der Waals surface area contributed by atoms with Gasteiger partial charge in [-0.2, -0.15) is 0 Å². The number of carbonyl (C=O) groups is 1. The number of fused-ring (bicyclic) bond motifs is 1. The average molecular weight is 286 g/mol. The fraction of sp³-hybridized carbons (Fsp3) is 0.500. The Morgan fingerprint density at radius 2 is 2.14 bits per heavy atom. The van der Waals surface area contributed by atoms with Crippen molar-refractivity contribution < 1.29 is 4.79 Å². The van der Waals surface area contributed by atoms with E-state index in [0.29, 0.717) is 30.9 Å². The quantitative estimate of drug-likeness (QED) is 0.632. The van der Waals surface area contributed by atoms with E-state index in [-0.39, 0.29) is 5.91 Å². The van der Waals surface area contributed by atoms with Crippen molar-refractivity contribution >= 4 is 11.9 Å². The molecule has 3 rings (SSSR count). The summed E-state index contributed by atoms with van der Waals surface area (Å²) in [4.78, 5) is 18.1. The van der Waals surface area contributed by atoms with Crippen LogP contribution in [0.15, 0.2) is 35.3 Å². The largest absolute Gasteiger partial charge is 0.370 e. The van der Waals surface area contributed by atoms with Gasteiger partial charge in [-0.3, -0.25) is 4.79 Å². The molecule has 1 aromatic carbocycles. The van der Waals surface area contributed by atoms with Gasteiger partial charge in [0.1, 0.15) is 0 Å². The summed E-state index contributed by atoms with van der Waals surface area (Å²) in [6, 6.07) is 10.5. The second kappa shape index (κ2) is 6.16. The molecular weight excluding hydrogens is 264 g/mol. The molecule has 0 bridgehead atoms. The zero-order valence-electron chi connectivity index (χ0n) is 12.2. The number of hydrogen-bond donors (Lipinski definition) is 2. The Morgan fingerprint density at radius 3 is 2.95 bits per heavy atom. The van der Waals surface area contributed by atoms with Crippen LogP contribution in [0.5, 0.6) is 0 Å². The predicted molar refractivity (Wildman–Crippen MR) is 82.6 cm³/mol. The van der Waals surface area contributed by atoms with Gasteiger partial charge in [0.2, 0.25) is 5.91 Å². The molecule has 0 aromatic heterocycles. The third-order valence-corrected chi connectivity index (χ3v) is 4.41. The van der Waals surface area contributed by atoms with E-state index in [9.17, 15) is 4.79 Å². The molecule has 2 aliphatic rings. The molecule has 5 nitrogen and oxygen atoms in total. The highest BCUT2D eigenvalue weighted by molar-refractivity contribution is 5.79. The monoisotopic (exact) mass is 286 g/mol. The van der Waals surface area contributed by atoms with Gasteiger partial charge >= 0.3 is 0 Å². The van der Waals surface area contributed by atoms with Gasteiger partial charge in [-0.1, -0.05) is 30.3 Å². The minimum absolute atomic E-state index is 0.190. The second-order valence-electron chi connectivity index (χ2n) is 5.87. The molecule has 112 valence electrons. The number of carbonyl (C=O) groups excluding carboxylic acids is 1. The summed E-state index contributed by atoms with van der Waals surface area (Å²) in [5, 5.41) is 3.09. The summed E-state index contributed by atoms with van der Waals surface area (Å²) < 4.78 is 0. The molecule has 0 aliphatic carbocycles. The van der Waals surface area contributed by atoms with Crippen LogP contribution in [-0.4, -0.2) is 35.9 Å². The molecule has 0 saturated carbocycles. The maximum Gasteiger partial charge on any atom is 0.220 e. The highest BCUT2D eigenvalue weighted by atomic mass is 16.1. The van der Waals surface area contributed by atoms with E-state index in [1.165, 1.54) is 5.56 Å². The smallest absolute Gasteiger partial charge is 0.220 e. The van der Waals surface area contributed by atoms with E-state index < -0.39 is 0 Å². The number of nitrogens with one attached hydrogen (secondary N) is 1. The van der Waals surface area contributed by atoms with Gasteiger partial charge in [0.25, 0.3) is 0 Å². The van der Waals surface area contributed by atoms with Gasteiger partial charge in [0, 0.05) is 25.6 Å². The molecule has 1 aromatic rings. The molecule has 3 N–H and O–H groups in total. The van der Waals surface area contributed by atoms with Crippen LogP contribution in [-0.2, 0) is 11.3 Å². The Hall–Kier alpha value is -2.04. The van der Waals surface area contributed by atoms with Gasteiger partial charge < -0.3 is 16.0 Å². The summed E-state index contributed by atoms with van der Waals surface area (Å²) in [7, 11) is 0. The van der Waals surface area contributed by atoms with Crippen molar-refractivity contribution in [2.24, 2.45) is 16.6 Å². The standard InChI is InChI=1S/C16H22N4O/c17-16(18-10-12-4-2-1-3-5-12)20-9-8-14-13(11-20)6-7-15(21)19-14/h1-5,13-14H,6-11H2,(H2,17,18)(H,19,21). The average Bonchev–Trinajstić information content (AvgIpc) is 2.53. The third kappa shape index (κ3) is 3.35. The second-order valence-corrected chi connectivity index (χ2v) is 5.87. The van der Waals surface area contributed by atoms with E-state index in [0.717, 1.165) is 25.9 Å². The molecule has 5 heteroatoms. The zero-order chi connectivity index (χ0) is 14.7. The number of guanidine groups is 1. The lowest BCUT2D eigenvalue weighted by molar-refractivity contribution is -0.125. The fourth-order valence-corrected chi connectivity index (χ4v) is 3.17. The molecule has 2 atom stereocenters. The van der Waals surface area contributed by atoms with Crippen molar-refractivity contribution in [3.8, 4) is 0 Å².